The minimum Gasteiger partial charge on any atom is -0.314 e. The summed E-state index contributed by atoms with van der Waals surface area (Å²) in [6.45, 7) is 2.90. The number of amides is 1. The third-order valence-corrected chi connectivity index (χ3v) is 2.96. The van der Waals surface area contributed by atoms with Gasteiger partial charge in [-0.15, -0.1) is 0 Å². The molecule has 1 aliphatic heterocycles. The standard InChI is InChI=1S/C12H16FN3O/c1-8-7-9(5-6-14-8)12(17)16-11-4-2-3-10(13)15-11/h2-4,8-9,14H,5-7H2,1H3,(H,15,16,17). The Labute approximate surface area is 99.6 Å². The van der Waals surface area contributed by atoms with Gasteiger partial charge < -0.3 is 10.6 Å². The molecule has 1 saturated heterocycles. The predicted molar refractivity (Wildman–Crippen MR) is 63.0 cm³/mol. The van der Waals surface area contributed by atoms with Crippen molar-refractivity contribution < 1.29 is 9.18 Å². The minimum absolute atomic E-state index is 0.0173. The highest BCUT2D eigenvalue weighted by Crippen LogP contribution is 2.18. The van der Waals surface area contributed by atoms with E-state index in [4.69, 9.17) is 0 Å². The summed E-state index contributed by atoms with van der Waals surface area (Å²) in [6.07, 6.45) is 1.62. The Kier molecular flexibility index (Phi) is 3.68. The summed E-state index contributed by atoms with van der Waals surface area (Å²) in [6, 6.07) is 4.72. The highest BCUT2D eigenvalue weighted by Gasteiger charge is 2.24. The van der Waals surface area contributed by atoms with Gasteiger partial charge in [0.1, 0.15) is 5.82 Å². The molecule has 2 rings (SSSR count). The lowest BCUT2D eigenvalue weighted by atomic mass is 9.92. The van der Waals surface area contributed by atoms with Crippen molar-refractivity contribution in [3.05, 3.63) is 24.1 Å². The molecular weight excluding hydrogens is 221 g/mol. The third kappa shape index (κ3) is 3.23. The van der Waals surface area contributed by atoms with Gasteiger partial charge in [0.2, 0.25) is 11.9 Å². The molecule has 2 heterocycles. The summed E-state index contributed by atoms with van der Waals surface area (Å²) in [5, 5.41) is 5.94. The Morgan fingerprint density at radius 3 is 3.12 bits per heavy atom. The van der Waals surface area contributed by atoms with Crippen molar-refractivity contribution in [1.82, 2.24) is 10.3 Å². The summed E-state index contributed by atoms with van der Waals surface area (Å²) >= 11 is 0. The average Bonchev–Trinajstić information content (AvgIpc) is 2.29. The van der Waals surface area contributed by atoms with Gasteiger partial charge in [-0.25, -0.2) is 4.98 Å². The minimum atomic E-state index is -0.582. The van der Waals surface area contributed by atoms with E-state index in [9.17, 15) is 9.18 Å². The average molecular weight is 237 g/mol. The molecule has 4 nitrogen and oxygen atoms in total. The van der Waals surface area contributed by atoms with E-state index in [1.165, 1.54) is 12.1 Å². The number of halogens is 1. The van der Waals surface area contributed by atoms with Crippen molar-refractivity contribution in [2.75, 3.05) is 11.9 Å². The van der Waals surface area contributed by atoms with E-state index < -0.39 is 5.95 Å². The van der Waals surface area contributed by atoms with Crippen LogP contribution in [0.2, 0.25) is 0 Å². The topological polar surface area (TPSA) is 54.0 Å². The Morgan fingerprint density at radius 1 is 1.59 bits per heavy atom. The monoisotopic (exact) mass is 237 g/mol. The predicted octanol–water partition coefficient (Wildman–Crippen LogP) is 1.55. The number of rotatable bonds is 2. The van der Waals surface area contributed by atoms with Crippen molar-refractivity contribution >= 4 is 11.7 Å². The van der Waals surface area contributed by atoms with Gasteiger partial charge in [0.15, 0.2) is 0 Å². The first kappa shape index (κ1) is 12.0. The van der Waals surface area contributed by atoms with Gasteiger partial charge in [0.25, 0.3) is 0 Å². The molecule has 5 heteroatoms. The second kappa shape index (κ2) is 5.23. The van der Waals surface area contributed by atoms with Crippen molar-refractivity contribution in [1.29, 1.82) is 0 Å². The van der Waals surface area contributed by atoms with Gasteiger partial charge in [-0.05, 0) is 38.4 Å². The fraction of sp³-hybridized carbons (Fsp3) is 0.500. The number of nitrogens with one attached hydrogen (secondary N) is 2. The van der Waals surface area contributed by atoms with Crippen LogP contribution in [0.5, 0.6) is 0 Å². The Bertz CT molecular complexity index is 410. The quantitative estimate of drug-likeness (QED) is 0.767. The van der Waals surface area contributed by atoms with E-state index >= 15 is 0 Å². The first-order valence-electron chi connectivity index (χ1n) is 5.82. The Morgan fingerprint density at radius 2 is 2.41 bits per heavy atom. The van der Waals surface area contributed by atoms with Gasteiger partial charge in [-0.3, -0.25) is 4.79 Å². The van der Waals surface area contributed by atoms with Crippen molar-refractivity contribution in [3.8, 4) is 0 Å². The molecule has 1 fully saturated rings. The maximum absolute atomic E-state index is 12.8. The number of pyridine rings is 1. The molecule has 0 spiro atoms. The van der Waals surface area contributed by atoms with Gasteiger partial charge in [-0.2, -0.15) is 4.39 Å². The molecule has 1 aliphatic rings. The number of anilines is 1. The van der Waals surface area contributed by atoms with Crippen molar-refractivity contribution in [2.45, 2.75) is 25.8 Å². The van der Waals surface area contributed by atoms with Crippen LogP contribution in [0.1, 0.15) is 19.8 Å². The van der Waals surface area contributed by atoms with Crippen molar-refractivity contribution in [2.24, 2.45) is 5.92 Å². The highest BCUT2D eigenvalue weighted by atomic mass is 19.1. The third-order valence-electron chi connectivity index (χ3n) is 2.96. The fourth-order valence-electron chi connectivity index (χ4n) is 2.08. The number of aromatic nitrogens is 1. The Balaban J connectivity index is 1.96. The van der Waals surface area contributed by atoms with Crippen LogP contribution in [-0.4, -0.2) is 23.5 Å². The summed E-state index contributed by atoms with van der Waals surface area (Å²) in [7, 11) is 0. The van der Waals surface area contributed by atoms with Gasteiger partial charge in [0, 0.05) is 12.0 Å². The molecule has 0 aromatic carbocycles. The van der Waals surface area contributed by atoms with Gasteiger partial charge in [-0.1, -0.05) is 6.07 Å². The second-order valence-corrected chi connectivity index (χ2v) is 4.41. The normalized spacial score (nSPS) is 24.4. The summed E-state index contributed by atoms with van der Waals surface area (Å²) in [4.78, 5) is 15.5. The SMILES string of the molecule is CC1CC(C(=O)Nc2cccc(F)n2)CCN1. The van der Waals surface area contributed by atoms with E-state index in [0.717, 1.165) is 19.4 Å². The van der Waals surface area contributed by atoms with E-state index in [2.05, 4.69) is 22.5 Å². The summed E-state index contributed by atoms with van der Waals surface area (Å²) in [5.74, 6) is -0.393. The first-order chi connectivity index (χ1) is 8.15. The Hall–Kier alpha value is -1.49. The van der Waals surface area contributed by atoms with Crippen LogP contribution in [0, 0.1) is 11.9 Å². The maximum atomic E-state index is 12.8. The summed E-state index contributed by atoms with van der Waals surface area (Å²) in [5.41, 5.74) is 0. The molecule has 0 saturated carbocycles. The fourth-order valence-corrected chi connectivity index (χ4v) is 2.08. The van der Waals surface area contributed by atoms with E-state index in [1.54, 1.807) is 6.07 Å². The molecule has 1 aromatic rings. The van der Waals surface area contributed by atoms with Crippen LogP contribution in [-0.2, 0) is 4.79 Å². The lowest BCUT2D eigenvalue weighted by molar-refractivity contribution is -0.120. The molecule has 2 atom stereocenters. The highest BCUT2D eigenvalue weighted by molar-refractivity contribution is 5.91. The van der Waals surface area contributed by atoms with Crippen LogP contribution >= 0.6 is 0 Å². The van der Waals surface area contributed by atoms with E-state index in [-0.39, 0.29) is 17.6 Å². The van der Waals surface area contributed by atoms with Crippen LogP contribution in [0.15, 0.2) is 18.2 Å². The largest absolute Gasteiger partial charge is 0.314 e. The van der Waals surface area contributed by atoms with E-state index in [1.807, 2.05) is 0 Å². The zero-order chi connectivity index (χ0) is 12.3. The number of hydrogen-bond donors (Lipinski definition) is 2. The smallest absolute Gasteiger partial charge is 0.228 e. The zero-order valence-corrected chi connectivity index (χ0v) is 9.74. The zero-order valence-electron chi connectivity index (χ0n) is 9.74. The molecule has 1 amide bonds. The van der Waals surface area contributed by atoms with Crippen molar-refractivity contribution in [3.63, 3.8) is 0 Å². The van der Waals surface area contributed by atoms with Gasteiger partial charge in [0.05, 0.1) is 0 Å². The number of carbonyl (C=O) groups excluding carboxylic acids is 1. The van der Waals surface area contributed by atoms with E-state index in [0.29, 0.717) is 6.04 Å². The molecule has 2 N–H and O–H groups in total. The summed E-state index contributed by atoms with van der Waals surface area (Å²) < 4.78 is 12.8. The second-order valence-electron chi connectivity index (χ2n) is 4.41. The molecule has 0 aliphatic carbocycles. The van der Waals surface area contributed by atoms with Gasteiger partial charge >= 0.3 is 0 Å². The molecule has 0 bridgehead atoms. The van der Waals surface area contributed by atoms with Crippen LogP contribution in [0.3, 0.4) is 0 Å². The van der Waals surface area contributed by atoms with Crippen LogP contribution in [0.25, 0.3) is 0 Å². The molecule has 0 radical (unpaired) electrons. The molecule has 1 aromatic heterocycles. The van der Waals surface area contributed by atoms with Crippen LogP contribution < -0.4 is 10.6 Å². The molecular formula is C12H16FN3O. The number of carbonyl (C=O) groups is 1. The lowest BCUT2D eigenvalue weighted by Crippen LogP contribution is -2.40. The lowest BCUT2D eigenvalue weighted by Gasteiger charge is -2.26. The number of hydrogen-bond acceptors (Lipinski definition) is 3. The number of piperidine rings is 1. The number of nitrogens with zero attached hydrogens (tertiary/aromatic N) is 1. The molecule has 17 heavy (non-hydrogen) atoms. The maximum Gasteiger partial charge on any atom is 0.228 e. The molecule has 92 valence electrons. The van der Waals surface area contributed by atoms with Crippen LogP contribution in [0.4, 0.5) is 10.2 Å². The first-order valence-corrected chi connectivity index (χ1v) is 5.82. The molecule has 2 unspecified atom stereocenters.